The lowest BCUT2D eigenvalue weighted by atomic mass is 9.95. The molecule has 1 aliphatic rings. The van der Waals surface area contributed by atoms with Crippen molar-refractivity contribution in [3.63, 3.8) is 0 Å². The minimum atomic E-state index is -0.682. The fourth-order valence-electron chi connectivity index (χ4n) is 2.57. The molecule has 1 aromatic carbocycles. The van der Waals surface area contributed by atoms with Crippen molar-refractivity contribution in [3.05, 3.63) is 35.4 Å². The van der Waals surface area contributed by atoms with Crippen molar-refractivity contribution in [2.75, 3.05) is 27.3 Å². The number of thiocarbonyl (C=S) groups is 1. The van der Waals surface area contributed by atoms with Crippen LogP contribution >= 0.6 is 12.2 Å². The largest absolute Gasteiger partial charge is 0.496 e. The van der Waals surface area contributed by atoms with Crippen molar-refractivity contribution in [3.8, 4) is 11.5 Å². The van der Waals surface area contributed by atoms with Gasteiger partial charge in [0.2, 0.25) is 0 Å². The first-order valence-electron chi connectivity index (χ1n) is 7.06. The van der Waals surface area contributed by atoms with Gasteiger partial charge in [0.05, 0.1) is 20.8 Å². The van der Waals surface area contributed by atoms with Crippen LogP contribution in [0.25, 0.3) is 0 Å². The predicted molar refractivity (Wildman–Crippen MR) is 90.3 cm³/mol. The molecule has 0 aromatic heterocycles. The smallest absolute Gasteiger partial charge is 0.169 e. The summed E-state index contributed by atoms with van der Waals surface area (Å²) in [6.07, 6.45) is -0.682. The van der Waals surface area contributed by atoms with Gasteiger partial charge in [0, 0.05) is 24.2 Å². The highest BCUT2D eigenvalue weighted by atomic mass is 32.1. The summed E-state index contributed by atoms with van der Waals surface area (Å²) >= 11 is 5.41. The molecule has 120 valence electrons. The number of ether oxygens (including phenoxy) is 2. The van der Waals surface area contributed by atoms with E-state index < -0.39 is 6.10 Å². The van der Waals surface area contributed by atoms with E-state index in [9.17, 15) is 5.11 Å². The maximum Gasteiger partial charge on any atom is 0.169 e. The highest BCUT2D eigenvalue weighted by molar-refractivity contribution is 7.80. The Hall–Kier alpha value is -1.79. The van der Waals surface area contributed by atoms with Gasteiger partial charge in [-0.15, -0.1) is 0 Å². The third-order valence-corrected chi connectivity index (χ3v) is 4.02. The van der Waals surface area contributed by atoms with Crippen LogP contribution in [-0.4, -0.2) is 42.4 Å². The minimum absolute atomic E-state index is 0.415. The number of aliphatic hydroxyl groups excluding tert-OH is 1. The van der Waals surface area contributed by atoms with E-state index in [2.05, 4.69) is 11.9 Å². The minimum Gasteiger partial charge on any atom is -0.496 e. The Morgan fingerprint density at radius 2 is 2.05 bits per heavy atom. The Balaban J connectivity index is 2.28. The molecule has 22 heavy (non-hydrogen) atoms. The zero-order chi connectivity index (χ0) is 16.3. The number of fused-ring (bicyclic) bond motifs is 1. The van der Waals surface area contributed by atoms with E-state index in [-0.39, 0.29) is 0 Å². The summed E-state index contributed by atoms with van der Waals surface area (Å²) in [5.74, 6) is 1.39. The number of rotatable bonds is 4. The third-order valence-electron chi connectivity index (χ3n) is 3.62. The molecule has 5 nitrogen and oxygen atoms in total. The molecular weight excluding hydrogens is 300 g/mol. The third kappa shape index (κ3) is 3.34. The van der Waals surface area contributed by atoms with Crippen LogP contribution in [0, 0.1) is 0 Å². The molecule has 0 saturated heterocycles. The molecule has 0 fully saturated rings. The normalized spacial score (nSPS) is 16.7. The van der Waals surface area contributed by atoms with Gasteiger partial charge < -0.3 is 24.8 Å². The number of methoxy groups -OCH3 is 2. The van der Waals surface area contributed by atoms with Crippen LogP contribution in [0.15, 0.2) is 24.3 Å². The van der Waals surface area contributed by atoms with Crippen LogP contribution in [0.1, 0.15) is 24.2 Å². The molecule has 0 bridgehead atoms. The number of nitrogens with zero attached hydrogens (tertiary/aromatic N) is 1. The van der Waals surface area contributed by atoms with Crippen LogP contribution in [0.5, 0.6) is 11.5 Å². The molecule has 0 aliphatic carbocycles. The van der Waals surface area contributed by atoms with Gasteiger partial charge in [0.15, 0.2) is 5.11 Å². The highest BCUT2D eigenvalue weighted by Gasteiger charge is 2.30. The second-order valence-electron chi connectivity index (χ2n) is 5.37. The van der Waals surface area contributed by atoms with Gasteiger partial charge in [-0.05, 0) is 31.3 Å². The van der Waals surface area contributed by atoms with Crippen LogP contribution in [0.2, 0.25) is 0 Å². The van der Waals surface area contributed by atoms with E-state index in [4.69, 9.17) is 21.7 Å². The SMILES string of the molecule is C=C(C)CNC(=S)N1Cc2c(OC)ccc(OC)c2[C@H](O)C1. The van der Waals surface area contributed by atoms with Crippen molar-refractivity contribution in [2.24, 2.45) is 0 Å². The van der Waals surface area contributed by atoms with Crippen LogP contribution < -0.4 is 14.8 Å². The standard InChI is InChI=1S/C16H22N2O3S/c1-10(2)7-17-16(22)18-8-11-13(20-3)5-6-14(21-4)15(11)12(19)9-18/h5-6,12,19H,1,7-9H2,2-4H3,(H,17,22)/t12-/m1/s1. The second-order valence-corrected chi connectivity index (χ2v) is 5.76. The van der Waals surface area contributed by atoms with E-state index >= 15 is 0 Å². The number of β-amino-alcohol motifs (C(OH)–C–C–N with tert-alkyl or cyclic N) is 1. The van der Waals surface area contributed by atoms with Gasteiger partial charge in [-0.2, -0.15) is 0 Å². The summed E-state index contributed by atoms with van der Waals surface area (Å²) in [4.78, 5) is 1.92. The lowest BCUT2D eigenvalue weighted by molar-refractivity contribution is 0.122. The lowest BCUT2D eigenvalue weighted by Crippen LogP contribution is -2.44. The van der Waals surface area contributed by atoms with Gasteiger partial charge in [0.1, 0.15) is 17.6 Å². The fraction of sp³-hybridized carbons (Fsp3) is 0.438. The molecule has 1 atom stereocenters. The van der Waals surface area contributed by atoms with Crippen LogP contribution in [0.3, 0.4) is 0 Å². The van der Waals surface area contributed by atoms with Gasteiger partial charge in [-0.25, -0.2) is 0 Å². The monoisotopic (exact) mass is 322 g/mol. The van der Waals surface area contributed by atoms with Gasteiger partial charge in [-0.1, -0.05) is 12.2 Å². The molecule has 0 saturated carbocycles. The Morgan fingerprint density at radius 3 is 2.64 bits per heavy atom. The fourth-order valence-corrected chi connectivity index (χ4v) is 2.78. The molecule has 0 amide bonds. The summed E-state index contributed by atoms with van der Waals surface area (Å²) in [5, 5.41) is 14.2. The van der Waals surface area contributed by atoms with E-state index in [0.717, 1.165) is 22.4 Å². The molecule has 1 aromatic rings. The summed E-state index contributed by atoms with van der Waals surface area (Å²) in [5.41, 5.74) is 2.68. The molecule has 0 spiro atoms. The zero-order valence-electron chi connectivity index (χ0n) is 13.2. The topological polar surface area (TPSA) is 54.0 Å². The molecule has 2 N–H and O–H groups in total. The summed E-state index contributed by atoms with van der Waals surface area (Å²) < 4.78 is 10.8. The number of hydrogen-bond donors (Lipinski definition) is 2. The van der Waals surface area contributed by atoms with E-state index in [1.54, 1.807) is 14.2 Å². The van der Waals surface area contributed by atoms with E-state index in [1.165, 1.54) is 0 Å². The van der Waals surface area contributed by atoms with Crippen molar-refractivity contribution < 1.29 is 14.6 Å². The molecule has 1 aliphatic heterocycles. The first kappa shape index (κ1) is 16.6. The average Bonchev–Trinajstić information content (AvgIpc) is 2.51. The first-order valence-corrected chi connectivity index (χ1v) is 7.47. The Kier molecular flexibility index (Phi) is 5.26. The Labute approximate surface area is 136 Å². The molecular formula is C16H22N2O3S. The predicted octanol–water partition coefficient (Wildman–Crippen LogP) is 2.00. The second kappa shape index (κ2) is 6.98. The number of aliphatic hydroxyl groups is 1. The van der Waals surface area contributed by atoms with E-state index in [1.807, 2.05) is 24.0 Å². The van der Waals surface area contributed by atoms with E-state index in [0.29, 0.717) is 30.5 Å². The average molecular weight is 322 g/mol. The van der Waals surface area contributed by atoms with Crippen molar-refractivity contribution >= 4 is 17.3 Å². The van der Waals surface area contributed by atoms with Gasteiger partial charge in [-0.3, -0.25) is 0 Å². The van der Waals surface area contributed by atoms with Gasteiger partial charge >= 0.3 is 0 Å². The Morgan fingerprint density at radius 1 is 1.41 bits per heavy atom. The number of benzene rings is 1. The molecule has 0 radical (unpaired) electrons. The summed E-state index contributed by atoms with van der Waals surface area (Å²) in [6, 6.07) is 3.66. The molecule has 6 heteroatoms. The maximum atomic E-state index is 10.5. The van der Waals surface area contributed by atoms with Crippen LogP contribution in [0.4, 0.5) is 0 Å². The van der Waals surface area contributed by atoms with Crippen molar-refractivity contribution in [1.82, 2.24) is 10.2 Å². The van der Waals surface area contributed by atoms with Crippen molar-refractivity contribution in [1.29, 1.82) is 0 Å². The molecule has 2 rings (SSSR count). The van der Waals surface area contributed by atoms with Gasteiger partial charge in [0.25, 0.3) is 0 Å². The molecule has 0 unspecified atom stereocenters. The zero-order valence-corrected chi connectivity index (χ0v) is 14.0. The first-order chi connectivity index (χ1) is 10.5. The number of nitrogens with one attached hydrogen (secondary N) is 1. The van der Waals surface area contributed by atoms with Crippen LogP contribution in [-0.2, 0) is 6.54 Å². The Bertz CT molecular complexity index is 589. The maximum absolute atomic E-state index is 10.5. The highest BCUT2D eigenvalue weighted by Crippen LogP contribution is 2.39. The molecule has 1 heterocycles. The number of hydrogen-bond acceptors (Lipinski definition) is 4. The quantitative estimate of drug-likeness (QED) is 0.653. The summed E-state index contributed by atoms with van der Waals surface area (Å²) in [7, 11) is 3.21. The van der Waals surface area contributed by atoms with Crippen molar-refractivity contribution in [2.45, 2.75) is 19.6 Å². The summed E-state index contributed by atoms with van der Waals surface area (Å²) in [6.45, 7) is 7.38. The lowest BCUT2D eigenvalue weighted by Gasteiger charge is -2.35.